The van der Waals surface area contributed by atoms with E-state index in [0.717, 1.165) is 72.5 Å². The van der Waals surface area contributed by atoms with E-state index in [-0.39, 0.29) is 5.41 Å². The number of pyridine rings is 1. The van der Waals surface area contributed by atoms with Gasteiger partial charge in [0.25, 0.3) is 6.33 Å². The van der Waals surface area contributed by atoms with Crippen LogP contribution in [0.2, 0.25) is 0 Å². The van der Waals surface area contributed by atoms with Crippen molar-refractivity contribution in [2.75, 3.05) is 0 Å². The first-order valence-electron chi connectivity index (χ1n) is 17.2. The lowest BCUT2D eigenvalue weighted by molar-refractivity contribution is -0.571. The lowest BCUT2D eigenvalue weighted by atomic mass is 9.86. The van der Waals surface area contributed by atoms with Crippen LogP contribution >= 0.6 is 0 Å². The number of imidazole rings is 1. The van der Waals surface area contributed by atoms with Crippen molar-refractivity contribution in [3.05, 3.63) is 170 Å². The summed E-state index contributed by atoms with van der Waals surface area (Å²) in [6.07, 6.45) is 5.62. The van der Waals surface area contributed by atoms with Crippen molar-refractivity contribution in [1.82, 2.24) is 9.55 Å². The average Bonchev–Trinajstić information content (AvgIpc) is 3.73. The first-order chi connectivity index (χ1) is 24.9. The minimum atomic E-state index is 0.0155. The molecule has 0 aliphatic heterocycles. The second-order valence-corrected chi connectivity index (χ2v) is 13.9. The molecule has 9 aromatic rings. The fourth-order valence-electron chi connectivity index (χ4n) is 6.90. The summed E-state index contributed by atoms with van der Waals surface area (Å²) in [6, 6.07) is 52.0. The molecule has 51 heavy (non-hydrogen) atoms. The lowest BCUT2D eigenvalue weighted by Crippen LogP contribution is -2.30. The minimum absolute atomic E-state index is 0.0155. The first kappa shape index (κ1) is 30.6. The Labute approximate surface area is 296 Å². The Morgan fingerprint density at radius 3 is 2.24 bits per heavy atom. The van der Waals surface area contributed by atoms with Crippen LogP contribution in [-0.4, -0.2) is 9.55 Å². The van der Waals surface area contributed by atoms with Crippen LogP contribution in [0.4, 0.5) is 0 Å². The Bertz CT molecular complexity index is 2730. The zero-order chi connectivity index (χ0) is 34.5. The Kier molecular flexibility index (Phi) is 7.29. The number of furan rings is 1. The fraction of sp³-hybridized carbons (Fsp3) is 0.0870. The van der Waals surface area contributed by atoms with Gasteiger partial charge in [-0.3, -0.25) is 14.1 Å². The standard InChI is InChI=1S/C46H35N3O2/c1-46(2,3)31-25-26-47-40(27-31)36-16-5-4-15-35(36)37-17-6-8-19-41(37)49-30-48(42-20-9-10-21-43(42)49)32-13-12-14-33(28-32)50-34-23-24-39-38-18-7-11-22-44(38)51-45(39)29-34/h4-29H,1-3H3. The molecule has 0 unspecified atom stereocenters. The van der Waals surface area contributed by atoms with Gasteiger partial charge in [0.15, 0.2) is 0 Å². The molecular formula is C46H35N3O2. The summed E-state index contributed by atoms with van der Waals surface area (Å²) in [4.78, 5) is 4.83. The van der Waals surface area contributed by atoms with E-state index >= 15 is 0 Å². The topological polar surface area (TPSA) is 44.1 Å². The summed E-state index contributed by atoms with van der Waals surface area (Å²) in [5.74, 6) is 1.44. The van der Waals surface area contributed by atoms with Crippen LogP contribution in [0.5, 0.6) is 11.5 Å². The molecule has 5 heteroatoms. The van der Waals surface area contributed by atoms with Gasteiger partial charge in [0.05, 0.1) is 28.1 Å². The Morgan fingerprint density at radius 2 is 1.35 bits per heavy atom. The second-order valence-electron chi connectivity index (χ2n) is 13.9. The number of nitrogens with zero attached hydrogens (tertiary/aromatic N) is 3. The number of fused-ring (bicyclic) bond motifs is 4. The van der Waals surface area contributed by atoms with E-state index < -0.39 is 0 Å². The van der Waals surface area contributed by atoms with Gasteiger partial charge in [0, 0.05) is 28.6 Å². The molecule has 0 radical (unpaired) electrons. The molecule has 0 saturated heterocycles. The van der Waals surface area contributed by atoms with Gasteiger partial charge >= 0.3 is 0 Å². The van der Waals surface area contributed by atoms with Gasteiger partial charge in [0.2, 0.25) is 0 Å². The molecule has 246 valence electrons. The van der Waals surface area contributed by atoms with Gasteiger partial charge in [-0.2, -0.15) is 0 Å². The maximum Gasteiger partial charge on any atom is 0.269 e. The number of hydrogen-bond acceptors (Lipinski definition) is 3. The predicted octanol–water partition coefficient (Wildman–Crippen LogP) is 11.4. The minimum Gasteiger partial charge on any atom is -0.458 e. The summed E-state index contributed by atoms with van der Waals surface area (Å²) in [6.45, 7) is 6.70. The molecule has 0 fully saturated rings. The molecule has 3 aromatic heterocycles. The summed E-state index contributed by atoms with van der Waals surface area (Å²) >= 11 is 0. The smallest absolute Gasteiger partial charge is 0.269 e. The molecule has 9 rings (SSSR count). The summed E-state index contributed by atoms with van der Waals surface area (Å²) in [5.41, 5.74) is 11.2. The van der Waals surface area contributed by atoms with Gasteiger partial charge in [-0.15, -0.1) is 0 Å². The van der Waals surface area contributed by atoms with E-state index in [0.29, 0.717) is 5.75 Å². The Balaban J connectivity index is 1.12. The predicted molar refractivity (Wildman–Crippen MR) is 205 cm³/mol. The highest BCUT2D eigenvalue weighted by atomic mass is 16.5. The van der Waals surface area contributed by atoms with Crippen molar-refractivity contribution in [3.8, 4) is 45.3 Å². The van der Waals surface area contributed by atoms with Gasteiger partial charge in [-0.05, 0) is 76.7 Å². The maximum atomic E-state index is 6.41. The van der Waals surface area contributed by atoms with Crippen LogP contribution in [0.1, 0.15) is 26.3 Å². The van der Waals surface area contributed by atoms with Crippen molar-refractivity contribution >= 4 is 33.0 Å². The van der Waals surface area contributed by atoms with E-state index in [2.05, 4.69) is 139 Å². The van der Waals surface area contributed by atoms with Crippen molar-refractivity contribution in [2.24, 2.45) is 0 Å². The highest BCUT2D eigenvalue weighted by Crippen LogP contribution is 2.36. The lowest BCUT2D eigenvalue weighted by Gasteiger charge is -2.20. The SMILES string of the molecule is CC(C)(C)c1ccnc(-c2ccccc2-c2ccccc2-[n+]2[c-]n(-c3cccc(Oc4ccc5c(c4)oc4ccccc45)c3)c3ccccc32)c1. The van der Waals surface area contributed by atoms with Crippen LogP contribution in [-0.2, 0) is 5.41 Å². The third-order valence-corrected chi connectivity index (χ3v) is 9.49. The average molecular weight is 662 g/mol. The molecular weight excluding hydrogens is 627 g/mol. The van der Waals surface area contributed by atoms with Gasteiger partial charge in [-0.25, -0.2) is 0 Å². The third kappa shape index (κ3) is 5.53. The van der Waals surface area contributed by atoms with Crippen LogP contribution in [0.25, 0.3) is 66.7 Å². The molecule has 0 bridgehead atoms. The number of hydrogen-bond donors (Lipinski definition) is 0. The summed E-state index contributed by atoms with van der Waals surface area (Å²) in [7, 11) is 0. The monoisotopic (exact) mass is 661 g/mol. The molecule has 0 atom stereocenters. The Morgan fingerprint density at radius 1 is 0.627 bits per heavy atom. The van der Waals surface area contributed by atoms with E-state index in [4.69, 9.17) is 14.1 Å². The van der Waals surface area contributed by atoms with Crippen LogP contribution in [0, 0.1) is 6.33 Å². The molecule has 0 aliphatic carbocycles. The maximum absolute atomic E-state index is 6.41. The number of ether oxygens (including phenoxy) is 1. The molecule has 5 nitrogen and oxygen atoms in total. The fourth-order valence-corrected chi connectivity index (χ4v) is 6.90. The summed E-state index contributed by atoms with van der Waals surface area (Å²) in [5, 5.41) is 2.17. The highest BCUT2D eigenvalue weighted by Gasteiger charge is 2.20. The highest BCUT2D eigenvalue weighted by molar-refractivity contribution is 6.05. The van der Waals surface area contributed by atoms with E-state index in [9.17, 15) is 0 Å². The molecule has 3 heterocycles. The molecule has 0 N–H and O–H groups in total. The second kappa shape index (κ2) is 12.1. The number of rotatable bonds is 6. The van der Waals surface area contributed by atoms with Crippen LogP contribution < -0.4 is 9.30 Å². The number of benzene rings is 6. The van der Waals surface area contributed by atoms with Crippen molar-refractivity contribution in [1.29, 1.82) is 0 Å². The van der Waals surface area contributed by atoms with E-state index in [1.807, 2.05) is 54.7 Å². The normalized spacial score (nSPS) is 11.8. The quantitative estimate of drug-likeness (QED) is 0.132. The zero-order valence-corrected chi connectivity index (χ0v) is 28.7. The van der Waals surface area contributed by atoms with Gasteiger partial charge < -0.3 is 9.15 Å². The largest absolute Gasteiger partial charge is 0.458 e. The van der Waals surface area contributed by atoms with Gasteiger partial charge in [0.1, 0.15) is 22.7 Å². The molecule has 0 saturated carbocycles. The summed E-state index contributed by atoms with van der Waals surface area (Å²) < 4.78 is 16.8. The molecule has 0 spiro atoms. The Hall–Kier alpha value is -6.46. The van der Waals surface area contributed by atoms with E-state index in [1.54, 1.807) is 0 Å². The van der Waals surface area contributed by atoms with Crippen molar-refractivity contribution < 1.29 is 13.7 Å². The molecule has 0 amide bonds. The van der Waals surface area contributed by atoms with Gasteiger partial charge in [-0.1, -0.05) is 112 Å². The zero-order valence-electron chi connectivity index (χ0n) is 28.7. The molecule has 0 aliphatic rings. The van der Waals surface area contributed by atoms with Crippen LogP contribution in [0.15, 0.2) is 162 Å². The van der Waals surface area contributed by atoms with Crippen LogP contribution in [0.3, 0.4) is 0 Å². The molecule has 6 aromatic carbocycles. The van der Waals surface area contributed by atoms with E-state index in [1.165, 1.54) is 5.56 Å². The van der Waals surface area contributed by atoms with Crippen molar-refractivity contribution in [2.45, 2.75) is 26.2 Å². The first-order valence-corrected chi connectivity index (χ1v) is 17.2. The number of aromatic nitrogens is 3. The van der Waals surface area contributed by atoms with Crippen molar-refractivity contribution in [3.63, 3.8) is 0 Å². The number of para-hydroxylation sites is 4. The third-order valence-electron chi connectivity index (χ3n) is 9.49.